The van der Waals surface area contributed by atoms with Gasteiger partial charge >= 0.3 is 0 Å². The summed E-state index contributed by atoms with van der Waals surface area (Å²) in [5.41, 5.74) is 2.44. The lowest BCUT2D eigenvalue weighted by Crippen LogP contribution is -2.43. The second-order valence-corrected chi connectivity index (χ2v) is 7.37. The summed E-state index contributed by atoms with van der Waals surface area (Å²) >= 11 is 1.75. The van der Waals surface area contributed by atoms with E-state index in [1.807, 2.05) is 0 Å². The number of aliphatic hydroxyl groups is 1. The van der Waals surface area contributed by atoms with Gasteiger partial charge in [0.15, 0.2) is 5.13 Å². The largest absolute Gasteiger partial charge is 0.396 e. The lowest BCUT2D eigenvalue weighted by Gasteiger charge is -2.34. The van der Waals surface area contributed by atoms with E-state index in [4.69, 9.17) is 0 Å². The van der Waals surface area contributed by atoms with Crippen molar-refractivity contribution in [1.82, 2.24) is 10.3 Å². The first-order valence-corrected chi connectivity index (χ1v) is 9.73. The van der Waals surface area contributed by atoms with Gasteiger partial charge in [0.1, 0.15) is 0 Å². The molecule has 1 fully saturated rings. The van der Waals surface area contributed by atoms with Crippen LogP contribution in [0.4, 0.5) is 5.13 Å². The molecule has 1 unspecified atom stereocenters. The minimum absolute atomic E-state index is 0.257. The van der Waals surface area contributed by atoms with Gasteiger partial charge in [0.25, 0.3) is 0 Å². The summed E-state index contributed by atoms with van der Waals surface area (Å²) in [4.78, 5) is 7.01. The molecule has 0 saturated carbocycles. The molecular weight excluding hydrogens is 318 g/mol. The van der Waals surface area contributed by atoms with Gasteiger partial charge < -0.3 is 15.3 Å². The van der Waals surface area contributed by atoms with Crippen LogP contribution in [-0.4, -0.2) is 35.8 Å². The third-order valence-corrected chi connectivity index (χ3v) is 5.68. The number of hydrogen-bond acceptors (Lipinski definition) is 5. The lowest BCUT2D eigenvalue weighted by molar-refractivity contribution is 0.267. The third-order valence-electron chi connectivity index (χ3n) is 4.66. The van der Waals surface area contributed by atoms with Gasteiger partial charge in [0.05, 0.1) is 5.69 Å². The molecule has 2 aromatic rings. The number of piperidine rings is 1. The molecule has 24 heavy (non-hydrogen) atoms. The minimum atomic E-state index is 0.257. The van der Waals surface area contributed by atoms with Gasteiger partial charge in [-0.15, -0.1) is 11.3 Å². The van der Waals surface area contributed by atoms with Crippen LogP contribution in [0.2, 0.25) is 0 Å². The number of aromatic nitrogens is 1. The number of benzene rings is 1. The number of thiazole rings is 1. The van der Waals surface area contributed by atoms with E-state index in [1.165, 1.54) is 5.56 Å². The molecule has 3 rings (SSSR count). The highest BCUT2D eigenvalue weighted by Crippen LogP contribution is 2.26. The summed E-state index contributed by atoms with van der Waals surface area (Å²) in [5, 5.41) is 16.3. The van der Waals surface area contributed by atoms with E-state index >= 15 is 0 Å². The maximum Gasteiger partial charge on any atom is 0.185 e. The second-order valence-electron chi connectivity index (χ2n) is 6.53. The van der Waals surface area contributed by atoms with Crippen LogP contribution in [0, 0.1) is 6.92 Å². The summed E-state index contributed by atoms with van der Waals surface area (Å²) in [5.74, 6) is 0. The smallest absolute Gasteiger partial charge is 0.185 e. The molecule has 0 aliphatic carbocycles. The van der Waals surface area contributed by atoms with Crippen LogP contribution >= 0.6 is 11.3 Å². The molecule has 1 atom stereocenters. The third kappa shape index (κ3) is 4.56. The van der Waals surface area contributed by atoms with Crippen molar-refractivity contribution >= 4 is 16.5 Å². The van der Waals surface area contributed by atoms with Crippen molar-refractivity contribution in [3.05, 3.63) is 47.0 Å². The number of anilines is 1. The number of rotatable bonds is 7. The number of nitrogens with zero attached hydrogens (tertiary/aromatic N) is 2. The highest BCUT2D eigenvalue weighted by Gasteiger charge is 2.23. The molecule has 5 heteroatoms. The van der Waals surface area contributed by atoms with E-state index in [0.717, 1.165) is 49.6 Å². The molecule has 0 bridgehead atoms. The fraction of sp³-hybridized carbons (Fsp3) is 0.526. The molecule has 1 aromatic carbocycles. The van der Waals surface area contributed by atoms with Crippen molar-refractivity contribution in [1.29, 1.82) is 0 Å². The zero-order valence-electron chi connectivity index (χ0n) is 14.3. The van der Waals surface area contributed by atoms with E-state index in [0.29, 0.717) is 12.1 Å². The Labute approximate surface area is 148 Å². The number of aryl methyl sites for hydroxylation is 1. The first kappa shape index (κ1) is 17.4. The Bertz CT molecular complexity index is 608. The summed E-state index contributed by atoms with van der Waals surface area (Å²) in [6.07, 6.45) is 4.10. The van der Waals surface area contributed by atoms with E-state index in [-0.39, 0.29) is 6.61 Å². The first-order chi connectivity index (χ1) is 11.8. The van der Waals surface area contributed by atoms with Gasteiger partial charge in [-0.1, -0.05) is 30.3 Å². The molecule has 1 saturated heterocycles. The van der Waals surface area contributed by atoms with E-state index < -0.39 is 0 Å². The number of hydrogen-bond donors (Lipinski definition) is 2. The minimum Gasteiger partial charge on any atom is -0.396 e. The molecule has 0 radical (unpaired) electrons. The maximum absolute atomic E-state index is 9.19. The van der Waals surface area contributed by atoms with Crippen LogP contribution in [0.5, 0.6) is 0 Å². The highest BCUT2D eigenvalue weighted by molar-refractivity contribution is 7.13. The standard InChI is InChI=1S/C19H27N3OS/c1-15-14-24-19(20-15)22-11-9-17(10-12-22)21-18(8-5-13-23)16-6-3-2-4-7-16/h2-4,6-7,14,17-18,21,23H,5,8-13H2,1H3. The van der Waals surface area contributed by atoms with Crippen LogP contribution in [0.3, 0.4) is 0 Å². The average Bonchev–Trinajstić information content (AvgIpc) is 3.06. The number of nitrogens with one attached hydrogen (secondary N) is 1. The topological polar surface area (TPSA) is 48.4 Å². The van der Waals surface area contributed by atoms with Crippen molar-refractivity contribution in [2.75, 3.05) is 24.6 Å². The predicted octanol–water partition coefficient (Wildman–Crippen LogP) is 3.52. The Morgan fingerprint density at radius 2 is 2.04 bits per heavy atom. The highest BCUT2D eigenvalue weighted by atomic mass is 32.1. The van der Waals surface area contributed by atoms with Gasteiger partial charge in [-0.05, 0) is 38.2 Å². The summed E-state index contributed by atoms with van der Waals surface area (Å²) < 4.78 is 0. The maximum atomic E-state index is 9.19. The SMILES string of the molecule is Cc1csc(N2CCC(NC(CCCO)c3ccccc3)CC2)n1. The van der Waals surface area contributed by atoms with Gasteiger partial charge in [-0.2, -0.15) is 0 Å². The molecule has 0 amide bonds. The van der Waals surface area contributed by atoms with Crippen molar-refractivity contribution < 1.29 is 5.11 Å². The van der Waals surface area contributed by atoms with Crippen molar-refractivity contribution in [2.24, 2.45) is 0 Å². The Morgan fingerprint density at radius 3 is 2.67 bits per heavy atom. The van der Waals surface area contributed by atoms with E-state index in [9.17, 15) is 5.11 Å². The van der Waals surface area contributed by atoms with Crippen LogP contribution in [-0.2, 0) is 0 Å². The molecule has 1 aliphatic rings. The van der Waals surface area contributed by atoms with Gasteiger partial charge in [0, 0.05) is 37.2 Å². The van der Waals surface area contributed by atoms with E-state index in [2.05, 4.69) is 57.8 Å². The summed E-state index contributed by atoms with van der Waals surface area (Å²) in [6.45, 7) is 4.44. The van der Waals surface area contributed by atoms with Crippen molar-refractivity contribution in [3.63, 3.8) is 0 Å². The molecule has 2 heterocycles. The molecule has 4 nitrogen and oxygen atoms in total. The van der Waals surface area contributed by atoms with Gasteiger partial charge in [-0.25, -0.2) is 4.98 Å². The fourth-order valence-electron chi connectivity index (χ4n) is 3.34. The molecule has 2 N–H and O–H groups in total. The van der Waals surface area contributed by atoms with Gasteiger partial charge in [-0.3, -0.25) is 0 Å². The fourth-order valence-corrected chi connectivity index (χ4v) is 4.19. The summed E-state index contributed by atoms with van der Waals surface area (Å²) in [6, 6.07) is 11.5. The zero-order valence-corrected chi connectivity index (χ0v) is 15.1. The first-order valence-electron chi connectivity index (χ1n) is 8.85. The van der Waals surface area contributed by atoms with Gasteiger partial charge in [0.2, 0.25) is 0 Å². The average molecular weight is 346 g/mol. The van der Waals surface area contributed by atoms with Crippen LogP contribution in [0.15, 0.2) is 35.7 Å². The molecular formula is C19H27N3OS. The Balaban J connectivity index is 1.56. The monoisotopic (exact) mass is 345 g/mol. The zero-order chi connectivity index (χ0) is 16.8. The van der Waals surface area contributed by atoms with Crippen LogP contribution in [0.25, 0.3) is 0 Å². The summed E-state index contributed by atoms with van der Waals surface area (Å²) in [7, 11) is 0. The van der Waals surface area contributed by atoms with Crippen molar-refractivity contribution in [3.8, 4) is 0 Å². The molecule has 1 aliphatic heterocycles. The molecule has 0 spiro atoms. The van der Waals surface area contributed by atoms with E-state index in [1.54, 1.807) is 11.3 Å². The lowest BCUT2D eigenvalue weighted by atomic mass is 9.98. The Hall–Kier alpha value is -1.43. The van der Waals surface area contributed by atoms with Crippen LogP contribution in [0.1, 0.15) is 43.0 Å². The van der Waals surface area contributed by atoms with Crippen molar-refractivity contribution in [2.45, 2.75) is 44.7 Å². The predicted molar refractivity (Wildman–Crippen MR) is 101 cm³/mol. The van der Waals surface area contributed by atoms with Crippen LogP contribution < -0.4 is 10.2 Å². The normalized spacial score (nSPS) is 17.2. The molecule has 1 aromatic heterocycles. The number of aliphatic hydroxyl groups excluding tert-OH is 1. The molecule has 130 valence electrons. The quantitative estimate of drug-likeness (QED) is 0.806. The second kappa shape index (κ2) is 8.60. The Kier molecular flexibility index (Phi) is 6.24. The Morgan fingerprint density at radius 1 is 1.29 bits per heavy atom.